The number of hydrogen-bond acceptors (Lipinski definition) is 4. The number of phenols is 1. The van der Waals surface area contributed by atoms with Gasteiger partial charge in [-0.3, -0.25) is 0 Å². The molecule has 0 fully saturated rings. The van der Waals surface area contributed by atoms with Crippen LogP contribution in [0.4, 0.5) is 0 Å². The Morgan fingerprint density at radius 2 is 2.00 bits per heavy atom. The van der Waals surface area contributed by atoms with E-state index >= 15 is 0 Å². The zero-order valence-corrected chi connectivity index (χ0v) is 9.03. The molecule has 0 unspecified atom stereocenters. The molecule has 0 saturated carbocycles. The lowest BCUT2D eigenvalue weighted by Crippen LogP contribution is -1.85. The normalized spacial score (nSPS) is 10.2. The molecular formula is C11H10N2OS. The Hall–Kier alpha value is -1.55. The Kier molecular flexibility index (Phi) is 2.87. The molecule has 3 nitrogen and oxygen atoms in total. The average Bonchev–Trinajstić information content (AvgIpc) is 2.22. The van der Waals surface area contributed by atoms with Gasteiger partial charge in [0.1, 0.15) is 17.1 Å². The van der Waals surface area contributed by atoms with Gasteiger partial charge in [0, 0.05) is 5.69 Å². The number of nitrogens with zero attached hydrogens (tertiary/aromatic N) is 2. The first-order chi connectivity index (χ1) is 7.25. The molecule has 0 bridgehead atoms. The highest BCUT2D eigenvalue weighted by Gasteiger charge is 2.03. The molecule has 0 amide bonds. The molecule has 1 aromatic carbocycles. The van der Waals surface area contributed by atoms with Crippen LogP contribution in [-0.2, 0) is 0 Å². The third-order valence-electron chi connectivity index (χ3n) is 1.86. The Labute approximate surface area is 92.2 Å². The summed E-state index contributed by atoms with van der Waals surface area (Å²) in [4.78, 5) is 8.94. The maximum absolute atomic E-state index is 9.58. The van der Waals surface area contributed by atoms with Crippen molar-refractivity contribution in [1.82, 2.24) is 9.97 Å². The average molecular weight is 218 g/mol. The maximum atomic E-state index is 9.58. The van der Waals surface area contributed by atoms with Crippen LogP contribution in [0.15, 0.2) is 46.6 Å². The van der Waals surface area contributed by atoms with Crippen LogP contribution in [0.2, 0.25) is 0 Å². The van der Waals surface area contributed by atoms with Crippen molar-refractivity contribution in [2.45, 2.75) is 16.8 Å². The van der Waals surface area contributed by atoms with Crippen LogP contribution in [0, 0.1) is 6.92 Å². The third-order valence-corrected chi connectivity index (χ3v) is 2.86. The van der Waals surface area contributed by atoms with Crippen LogP contribution in [0.3, 0.4) is 0 Å². The van der Waals surface area contributed by atoms with E-state index in [9.17, 15) is 5.11 Å². The summed E-state index contributed by atoms with van der Waals surface area (Å²) in [5, 5.41) is 10.4. The van der Waals surface area contributed by atoms with Gasteiger partial charge in [-0.2, -0.15) is 0 Å². The minimum absolute atomic E-state index is 0.277. The van der Waals surface area contributed by atoms with Crippen molar-refractivity contribution >= 4 is 11.8 Å². The van der Waals surface area contributed by atoms with E-state index in [1.54, 1.807) is 12.1 Å². The largest absolute Gasteiger partial charge is 0.507 e. The Bertz CT molecular complexity index is 474. The zero-order valence-electron chi connectivity index (χ0n) is 8.21. The molecule has 1 aromatic heterocycles. The number of phenolic OH excluding ortho intramolecular Hbond substituents is 1. The molecule has 0 saturated heterocycles. The highest BCUT2D eigenvalue weighted by atomic mass is 32.2. The van der Waals surface area contributed by atoms with E-state index in [2.05, 4.69) is 9.97 Å². The lowest BCUT2D eigenvalue weighted by Gasteiger charge is -2.02. The number of benzene rings is 1. The quantitative estimate of drug-likeness (QED) is 0.787. The summed E-state index contributed by atoms with van der Waals surface area (Å²) in [6.07, 6.45) is 1.53. The van der Waals surface area contributed by atoms with Gasteiger partial charge in [-0.1, -0.05) is 23.9 Å². The van der Waals surface area contributed by atoms with E-state index in [-0.39, 0.29) is 5.75 Å². The summed E-state index contributed by atoms with van der Waals surface area (Å²) in [6.45, 7) is 1.91. The van der Waals surface area contributed by atoms with Gasteiger partial charge in [0.05, 0.1) is 4.90 Å². The molecule has 4 heteroatoms. The molecule has 0 spiro atoms. The second-order valence-corrected chi connectivity index (χ2v) is 4.13. The smallest absolute Gasteiger partial charge is 0.129 e. The second-order valence-electron chi connectivity index (χ2n) is 3.07. The number of para-hydroxylation sites is 1. The lowest BCUT2D eigenvalue weighted by molar-refractivity contribution is 0.462. The van der Waals surface area contributed by atoms with Gasteiger partial charge in [0.15, 0.2) is 0 Å². The van der Waals surface area contributed by atoms with E-state index in [0.29, 0.717) is 0 Å². The summed E-state index contributed by atoms with van der Waals surface area (Å²) < 4.78 is 0. The van der Waals surface area contributed by atoms with Gasteiger partial charge in [-0.05, 0) is 25.1 Å². The van der Waals surface area contributed by atoms with Gasteiger partial charge in [0.2, 0.25) is 0 Å². The first kappa shape index (κ1) is 9.98. The molecule has 1 N–H and O–H groups in total. The van der Waals surface area contributed by atoms with Crippen molar-refractivity contribution in [1.29, 1.82) is 0 Å². The molecular weight excluding hydrogens is 208 g/mol. The van der Waals surface area contributed by atoms with Crippen LogP contribution in [0.5, 0.6) is 5.75 Å². The van der Waals surface area contributed by atoms with E-state index in [0.717, 1.165) is 15.6 Å². The van der Waals surface area contributed by atoms with Crippen LogP contribution in [-0.4, -0.2) is 15.1 Å². The van der Waals surface area contributed by atoms with Crippen LogP contribution >= 0.6 is 11.8 Å². The molecule has 0 aliphatic rings. The number of aromatic hydroxyl groups is 1. The molecule has 0 aliphatic carbocycles. The maximum Gasteiger partial charge on any atom is 0.129 e. The molecule has 0 atom stereocenters. The predicted molar refractivity (Wildman–Crippen MR) is 59.0 cm³/mol. The summed E-state index contributed by atoms with van der Waals surface area (Å²) in [6, 6.07) is 9.09. The fourth-order valence-corrected chi connectivity index (χ4v) is 2.02. The van der Waals surface area contributed by atoms with Crippen molar-refractivity contribution in [2.24, 2.45) is 0 Å². The van der Waals surface area contributed by atoms with E-state index in [1.165, 1.54) is 18.1 Å². The van der Waals surface area contributed by atoms with Gasteiger partial charge < -0.3 is 5.11 Å². The van der Waals surface area contributed by atoms with Gasteiger partial charge in [-0.25, -0.2) is 9.97 Å². The minimum Gasteiger partial charge on any atom is -0.507 e. The van der Waals surface area contributed by atoms with Crippen LogP contribution < -0.4 is 0 Å². The third kappa shape index (κ3) is 2.47. The molecule has 0 aliphatic heterocycles. The standard InChI is InChI=1S/C11H10N2OS/c1-8-6-11(13-7-12-8)15-10-5-3-2-4-9(10)14/h2-7,14H,1H3. The van der Waals surface area contributed by atoms with E-state index in [4.69, 9.17) is 0 Å². The Morgan fingerprint density at radius 3 is 2.73 bits per heavy atom. The van der Waals surface area contributed by atoms with E-state index < -0.39 is 0 Å². The predicted octanol–water partition coefficient (Wildman–Crippen LogP) is 2.64. The Balaban J connectivity index is 2.26. The minimum atomic E-state index is 0.277. The lowest BCUT2D eigenvalue weighted by atomic mass is 10.3. The fraction of sp³-hybridized carbons (Fsp3) is 0.0909. The van der Waals surface area contributed by atoms with E-state index in [1.807, 2.05) is 25.1 Å². The van der Waals surface area contributed by atoms with Gasteiger partial charge in [0.25, 0.3) is 0 Å². The summed E-state index contributed by atoms with van der Waals surface area (Å²) in [5.41, 5.74) is 0.919. The molecule has 0 radical (unpaired) electrons. The Morgan fingerprint density at radius 1 is 1.20 bits per heavy atom. The zero-order chi connectivity index (χ0) is 10.7. The summed E-state index contributed by atoms with van der Waals surface area (Å²) >= 11 is 1.43. The first-order valence-electron chi connectivity index (χ1n) is 4.50. The number of rotatable bonds is 2. The monoisotopic (exact) mass is 218 g/mol. The van der Waals surface area contributed by atoms with Crippen molar-refractivity contribution in [3.63, 3.8) is 0 Å². The van der Waals surface area contributed by atoms with Crippen molar-refractivity contribution in [2.75, 3.05) is 0 Å². The number of hydrogen-bond donors (Lipinski definition) is 1. The van der Waals surface area contributed by atoms with Crippen molar-refractivity contribution in [3.05, 3.63) is 42.4 Å². The van der Waals surface area contributed by atoms with Crippen molar-refractivity contribution < 1.29 is 5.11 Å². The second kappa shape index (κ2) is 4.31. The summed E-state index contributed by atoms with van der Waals surface area (Å²) in [5.74, 6) is 0.277. The van der Waals surface area contributed by atoms with Crippen LogP contribution in [0.25, 0.3) is 0 Å². The van der Waals surface area contributed by atoms with Gasteiger partial charge in [-0.15, -0.1) is 0 Å². The summed E-state index contributed by atoms with van der Waals surface area (Å²) in [7, 11) is 0. The van der Waals surface area contributed by atoms with Crippen molar-refractivity contribution in [3.8, 4) is 5.75 Å². The SMILES string of the molecule is Cc1cc(Sc2ccccc2O)ncn1. The number of aromatic nitrogens is 2. The first-order valence-corrected chi connectivity index (χ1v) is 5.32. The molecule has 15 heavy (non-hydrogen) atoms. The fourth-order valence-electron chi connectivity index (χ4n) is 1.14. The molecule has 2 rings (SSSR count). The highest BCUT2D eigenvalue weighted by Crippen LogP contribution is 2.32. The highest BCUT2D eigenvalue weighted by molar-refractivity contribution is 7.99. The van der Waals surface area contributed by atoms with Gasteiger partial charge >= 0.3 is 0 Å². The molecule has 2 aromatic rings. The molecule has 76 valence electrons. The molecule has 1 heterocycles. The topological polar surface area (TPSA) is 46.0 Å². The number of aryl methyl sites for hydroxylation is 1. The van der Waals surface area contributed by atoms with Crippen LogP contribution in [0.1, 0.15) is 5.69 Å².